The van der Waals surface area contributed by atoms with Gasteiger partial charge in [-0.2, -0.15) is 0 Å². The molecule has 3 aromatic carbocycles. The van der Waals surface area contributed by atoms with Crippen molar-refractivity contribution in [3.63, 3.8) is 0 Å². The van der Waals surface area contributed by atoms with Gasteiger partial charge in [-0.25, -0.2) is 0 Å². The third-order valence-electron chi connectivity index (χ3n) is 6.80. The second-order valence-corrected chi connectivity index (χ2v) is 8.63. The largest absolute Gasteiger partial charge is 0.507 e. The van der Waals surface area contributed by atoms with Crippen LogP contribution in [0.4, 0.5) is 0 Å². The number of phenolic OH excluding ortho intramolecular Hbond substituents is 1. The van der Waals surface area contributed by atoms with Crippen LogP contribution in [-0.4, -0.2) is 5.11 Å². The zero-order chi connectivity index (χ0) is 18.9. The fourth-order valence-corrected chi connectivity index (χ4v) is 5.28. The molecule has 0 aromatic heterocycles. The number of hydrogen-bond acceptors (Lipinski definition) is 1. The van der Waals surface area contributed by atoms with E-state index in [-0.39, 0.29) is 0 Å². The zero-order valence-corrected chi connectivity index (χ0v) is 16.9. The number of unbranched alkanes of at least 4 members (excludes halogenated alkanes) is 2. The standard InChI is InChI=1S/C26H32O/c1-3-5-14-26(15-6-4-2)16-13-22-20(18-26)11-12-23-21-10-8-7-9-19(21)17-24(27)25(22)23/h7-12,17,27H,3-6,13-16,18H2,1-2H3. The summed E-state index contributed by atoms with van der Waals surface area (Å²) < 4.78 is 0. The Morgan fingerprint density at radius 2 is 1.67 bits per heavy atom. The Morgan fingerprint density at radius 3 is 2.41 bits per heavy atom. The van der Waals surface area contributed by atoms with E-state index >= 15 is 0 Å². The molecule has 0 spiro atoms. The van der Waals surface area contributed by atoms with Crippen molar-refractivity contribution in [2.75, 3.05) is 0 Å². The summed E-state index contributed by atoms with van der Waals surface area (Å²) in [5.41, 5.74) is 3.35. The molecule has 0 saturated heterocycles. The number of hydrogen-bond donors (Lipinski definition) is 1. The Bertz CT molecular complexity index is 945. The lowest BCUT2D eigenvalue weighted by atomic mass is 9.65. The predicted octanol–water partition coefficient (Wildman–Crippen LogP) is 7.55. The van der Waals surface area contributed by atoms with Crippen molar-refractivity contribution in [1.29, 1.82) is 0 Å². The quantitative estimate of drug-likeness (QED) is 0.450. The molecule has 0 saturated carbocycles. The fourth-order valence-electron chi connectivity index (χ4n) is 5.28. The van der Waals surface area contributed by atoms with Crippen LogP contribution in [0.2, 0.25) is 0 Å². The Balaban J connectivity index is 1.80. The van der Waals surface area contributed by atoms with Crippen LogP contribution in [0.5, 0.6) is 5.75 Å². The van der Waals surface area contributed by atoms with Crippen LogP contribution in [0.3, 0.4) is 0 Å². The van der Waals surface area contributed by atoms with Crippen LogP contribution in [-0.2, 0) is 12.8 Å². The number of phenols is 1. The van der Waals surface area contributed by atoms with Crippen LogP contribution in [0.15, 0.2) is 42.5 Å². The van der Waals surface area contributed by atoms with Crippen molar-refractivity contribution in [1.82, 2.24) is 0 Å². The molecule has 4 rings (SSSR count). The molecule has 0 radical (unpaired) electrons. The molecule has 0 unspecified atom stereocenters. The van der Waals surface area contributed by atoms with Gasteiger partial charge in [-0.15, -0.1) is 0 Å². The van der Waals surface area contributed by atoms with E-state index in [4.69, 9.17) is 0 Å². The molecule has 1 nitrogen and oxygen atoms in total. The van der Waals surface area contributed by atoms with Gasteiger partial charge in [0.05, 0.1) is 0 Å². The molecule has 1 aliphatic rings. The summed E-state index contributed by atoms with van der Waals surface area (Å²) in [6, 6.07) is 15.0. The second kappa shape index (κ2) is 7.54. The van der Waals surface area contributed by atoms with Crippen molar-refractivity contribution < 1.29 is 5.11 Å². The first-order valence-corrected chi connectivity index (χ1v) is 10.8. The average molecular weight is 361 g/mol. The SMILES string of the molecule is CCCCC1(CCCC)CCc2c(ccc3c2c(O)cc2ccccc23)C1. The average Bonchev–Trinajstić information content (AvgIpc) is 2.70. The van der Waals surface area contributed by atoms with Gasteiger partial charge >= 0.3 is 0 Å². The Morgan fingerprint density at radius 1 is 0.926 bits per heavy atom. The first-order valence-electron chi connectivity index (χ1n) is 10.8. The lowest BCUT2D eigenvalue weighted by Gasteiger charge is -2.39. The molecule has 0 aliphatic heterocycles. The highest BCUT2D eigenvalue weighted by atomic mass is 16.3. The van der Waals surface area contributed by atoms with E-state index in [1.54, 1.807) is 0 Å². The highest BCUT2D eigenvalue weighted by molar-refractivity contribution is 6.11. The van der Waals surface area contributed by atoms with E-state index in [0.29, 0.717) is 11.2 Å². The molecule has 0 atom stereocenters. The van der Waals surface area contributed by atoms with Gasteiger partial charge in [0.2, 0.25) is 0 Å². The normalized spacial score (nSPS) is 15.9. The lowest BCUT2D eigenvalue weighted by molar-refractivity contribution is 0.193. The van der Waals surface area contributed by atoms with Crippen LogP contribution >= 0.6 is 0 Å². The summed E-state index contributed by atoms with van der Waals surface area (Å²) in [5.74, 6) is 0.454. The topological polar surface area (TPSA) is 20.2 Å². The molecular weight excluding hydrogens is 328 g/mol. The number of benzene rings is 3. The molecule has 1 N–H and O–H groups in total. The van der Waals surface area contributed by atoms with Crippen molar-refractivity contribution in [3.05, 3.63) is 53.6 Å². The molecule has 27 heavy (non-hydrogen) atoms. The summed E-state index contributed by atoms with van der Waals surface area (Å²) in [4.78, 5) is 0. The summed E-state index contributed by atoms with van der Waals surface area (Å²) in [6.45, 7) is 4.61. The molecule has 0 fully saturated rings. The number of aromatic hydroxyl groups is 1. The minimum atomic E-state index is 0.454. The lowest BCUT2D eigenvalue weighted by Crippen LogP contribution is -2.29. The molecule has 142 valence electrons. The van der Waals surface area contributed by atoms with E-state index in [9.17, 15) is 5.11 Å². The summed E-state index contributed by atoms with van der Waals surface area (Å²) in [6.07, 6.45) is 11.5. The molecular formula is C26H32O. The Hall–Kier alpha value is -2.02. The Kier molecular flexibility index (Phi) is 5.12. The molecule has 1 aliphatic carbocycles. The van der Waals surface area contributed by atoms with Gasteiger partial charge in [-0.1, -0.05) is 75.9 Å². The third-order valence-corrected chi connectivity index (χ3v) is 6.80. The van der Waals surface area contributed by atoms with Gasteiger partial charge in [0.15, 0.2) is 0 Å². The first kappa shape index (κ1) is 18.3. The van der Waals surface area contributed by atoms with Crippen molar-refractivity contribution in [2.45, 2.75) is 71.6 Å². The fraction of sp³-hybridized carbons (Fsp3) is 0.462. The van der Waals surface area contributed by atoms with Crippen LogP contribution in [0.25, 0.3) is 21.5 Å². The number of rotatable bonds is 6. The van der Waals surface area contributed by atoms with Gasteiger partial charge in [0.1, 0.15) is 5.75 Å². The van der Waals surface area contributed by atoms with E-state index < -0.39 is 0 Å². The summed E-state index contributed by atoms with van der Waals surface area (Å²) in [7, 11) is 0. The maximum atomic E-state index is 10.8. The van der Waals surface area contributed by atoms with E-state index in [1.165, 1.54) is 73.3 Å². The second-order valence-electron chi connectivity index (χ2n) is 8.63. The van der Waals surface area contributed by atoms with E-state index in [2.05, 4.69) is 44.2 Å². The molecule has 1 heteroatoms. The van der Waals surface area contributed by atoms with E-state index in [0.717, 1.165) is 17.2 Å². The first-order chi connectivity index (χ1) is 13.2. The van der Waals surface area contributed by atoms with Crippen LogP contribution < -0.4 is 0 Å². The third kappa shape index (κ3) is 3.33. The monoisotopic (exact) mass is 360 g/mol. The highest BCUT2D eigenvalue weighted by Crippen LogP contribution is 2.47. The maximum absolute atomic E-state index is 10.8. The van der Waals surface area contributed by atoms with Crippen LogP contribution in [0, 0.1) is 5.41 Å². The zero-order valence-electron chi connectivity index (χ0n) is 16.9. The van der Waals surface area contributed by atoms with Crippen molar-refractivity contribution >= 4 is 21.5 Å². The molecule has 0 amide bonds. The van der Waals surface area contributed by atoms with Crippen molar-refractivity contribution in [3.8, 4) is 5.75 Å². The van der Waals surface area contributed by atoms with E-state index in [1.807, 2.05) is 12.1 Å². The summed E-state index contributed by atoms with van der Waals surface area (Å²) >= 11 is 0. The maximum Gasteiger partial charge on any atom is 0.124 e. The van der Waals surface area contributed by atoms with Gasteiger partial charge in [0, 0.05) is 5.39 Å². The minimum Gasteiger partial charge on any atom is -0.507 e. The molecule has 0 bridgehead atoms. The molecule has 0 heterocycles. The highest BCUT2D eigenvalue weighted by Gasteiger charge is 2.34. The molecule has 3 aromatic rings. The number of aryl methyl sites for hydroxylation is 1. The van der Waals surface area contributed by atoms with Crippen molar-refractivity contribution in [2.24, 2.45) is 5.41 Å². The van der Waals surface area contributed by atoms with Crippen LogP contribution in [0.1, 0.15) is 69.9 Å². The van der Waals surface area contributed by atoms with Gasteiger partial charge < -0.3 is 5.11 Å². The Labute approximate surface area is 163 Å². The smallest absolute Gasteiger partial charge is 0.124 e. The van der Waals surface area contributed by atoms with Gasteiger partial charge in [-0.3, -0.25) is 0 Å². The van der Waals surface area contributed by atoms with Gasteiger partial charge in [-0.05, 0) is 70.9 Å². The van der Waals surface area contributed by atoms with Gasteiger partial charge in [0.25, 0.3) is 0 Å². The minimum absolute atomic E-state index is 0.454. The summed E-state index contributed by atoms with van der Waals surface area (Å²) in [5, 5.41) is 15.5. The number of fused-ring (bicyclic) bond motifs is 5. The predicted molar refractivity (Wildman–Crippen MR) is 117 cm³/mol.